The fraction of sp³-hybridized carbons (Fsp3) is 0.167. The molecule has 0 N–H and O–H groups in total. The molecule has 2 aromatic rings. The van der Waals surface area contributed by atoms with Crippen molar-refractivity contribution in [1.82, 2.24) is 10.2 Å². The highest BCUT2D eigenvalue weighted by atomic mass is 19.1. The fourth-order valence-corrected chi connectivity index (χ4v) is 1.45. The number of hydrogen-bond acceptors (Lipinski definition) is 2. The fourth-order valence-electron chi connectivity index (χ4n) is 1.45. The lowest BCUT2D eigenvalue weighted by atomic mass is 10.1. The molecule has 0 fully saturated rings. The van der Waals surface area contributed by atoms with Gasteiger partial charge in [-0.3, -0.25) is 0 Å². The molecule has 0 atom stereocenters. The van der Waals surface area contributed by atoms with E-state index in [-0.39, 0.29) is 5.82 Å². The maximum absolute atomic E-state index is 13.0. The molecule has 0 aliphatic rings. The van der Waals surface area contributed by atoms with Crippen molar-refractivity contribution >= 4 is 0 Å². The Morgan fingerprint density at radius 3 is 2.80 bits per heavy atom. The molecule has 0 spiro atoms. The summed E-state index contributed by atoms with van der Waals surface area (Å²) in [6, 6.07) is 8.85. The van der Waals surface area contributed by atoms with E-state index >= 15 is 0 Å². The highest BCUT2D eigenvalue weighted by Crippen LogP contribution is 2.11. The molecule has 0 aliphatic carbocycles. The van der Waals surface area contributed by atoms with Crippen LogP contribution in [0.4, 0.5) is 4.39 Å². The maximum Gasteiger partial charge on any atom is 0.126 e. The average Bonchev–Trinajstić information content (AvgIpc) is 2.25. The van der Waals surface area contributed by atoms with Crippen molar-refractivity contribution in [3.8, 4) is 0 Å². The van der Waals surface area contributed by atoms with E-state index in [2.05, 4.69) is 10.2 Å². The van der Waals surface area contributed by atoms with Crippen molar-refractivity contribution in [3.05, 3.63) is 59.2 Å². The van der Waals surface area contributed by atoms with Gasteiger partial charge >= 0.3 is 0 Å². The zero-order valence-electron chi connectivity index (χ0n) is 8.44. The van der Waals surface area contributed by atoms with Crippen LogP contribution < -0.4 is 0 Å². The molecule has 0 bridgehead atoms. The van der Waals surface area contributed by atoms with Gasteiger partial charge in [0.05, 0.1) is 5.69 Å². The summed E-state index contributed by atoms with van der Waals surface area (Å²) in [6.45, 7) is 1.76. The minimum absolute atomic E-state index is 0.169. The molecule has 0 unspecified atom stereocenters. The van der Waals surface area contributed by atoms with Crippen LogP contribution in [0.2, 0.25) is 0 Å². The first kappa shape index (κ1) is 9.77. The molecule has 0 saturated heterocycles. The molecule has 0 radical (unpaired) electrons. The molecule has 2 rings (SSSR count). The van der Waals surface area contributed by atoms with E-state index in [1.165, 1.54) is 6.07 Å². The van der Waals surface area contributed by atoms with Crippen LogP contribution in [0.1, 0.15) is 16.8 Å². The quantitative estimate of drug-likeness (QED) is 0.747. The third-order valence-electron chi connectivity index (χ3n) is 2.24. The van der Waals surface area contributed by atoms with Gasteiger partial charge in [-0.15, -0.1) is 0 Å². The van der Waals surface area contributed by atoms with Crippen LogP contribution >= 0.6 is 0 Å². The lowest BCUT2D eigenvalue weighted by Gasteiger charge is -2.02. The standard InChI is InChI=1S/C12H11FN2/c1-9-7-10(4-5-12(9)13)8-11-3-2-6-14-15-11/h2-7H,8H2,1H3. The van der Waals surface area contributed by atoms with Crippen LogP contribution in [0.25, 0.3) is 0 Å². The SMILES string of the molecule is Cc1cc(Cc2cccnn2)ccc1F. The summed E-state index contributed by atoms with van der Waals surface area (Å²) >= 11 is 0. The van der Waals surface area contributed by atoms with Crippen LogP contribution in [-0.4, -0.2) is 10.2 Å². The average molecular weight is 202 g/mol. The summed E-state index contributed by atoms with van der Waals surface area (Å²) in [4.78, 5) is 0. The first-order valence-corrected chi connectivity index (χ1v) is 4.77. The molecule has 2 nitrogen and oxygen atoms in total. The number of benzene rings is 1. The third kappa shape index (κ3) is 2.37. The molecular formula is C12H11FN2. The van der Waals surface area contributed by atoms with Crippen LogP contribution in [0.3, 0.4) is 0 Å². The molecule has 3 heteroatoms. The largest absolute Gasteiger partial charge is 0.207 e. The van der Waals surface area contributed by atoms with Crippen LogP contribution in [0.5, 0.6) is 0 Å². The van der Waals surface area contributed by atoms with Crippen molar-refractivity contribution in [2.24, 2.45) is 0 Å². The predicted octanol–water partition coefficient (Wildman–Crippen LogP) is 2.51. The minimum atomic E-state index is -0.169. The molecule has 76 valence electrons. The van der Waals surface area contributed by atoms with Crippen LogP contribution in [-0.2, 0) is 6.42 Å². The highest BCUT2D eigenvalue weighted by Gasteiger charge is 2.01. The van der Waals surface area contributed by atoms with Gasteiger partial charge in [0.1, 0.15) is 5.82 Å². The Bertz CT molecular complexity index is 454. The highest BCUT2D eigenvalue weighted by molar-refractivity contribution is 5.27. The topological polar surface area (TPSA) is 25.8 Å². The van der Waals surface area contributed by atoms with E-state index in [1.54, 1.807) is 19.2 Å². The molecule has 1 heterocycles. The van der Waals surface area contributed by atoms with Crippen molar-refractivity contribution in [3.63, 3.8) is 0 Å². The van der Waals surface area contributed by atoms with Gasteiger partial charge in [-0.1, -0.05) is 12.1 Å². The number of rotatable bonds is 2. The zero-order chi connectivity index (χ0) is 10.7. The van der Waals surface area contributed by atoms with Gasteiger partial charge in [0.15, 0.2) is 0 Å². The molecular weight excluding hydrogens is 191 g/mol. The Kier molecular flexibility index (Phi) is 2.72. The number of halogens is 1. The summed E-state index contributed by atoms with van der Waals surface area (Å²) in [7, 11) is 0. The van der Waals surface area contributed by atoms with E-state index in [4.69, 9.17) is 0 Å². The van der Waals surface area contributed by atoms with Crippen molar-refractivity contribution < 1.29 is 4.39 Å². The molecule has 1 aromatic carbocycles. The lowest BCUT2D eigenvalue weighted by Crippen LogP contribution is -1.94. The van der Waals surface area contributed by atoms with Crippen molar-refractivity contribution in [1.29, 1.82) is 0 Å². The van der Waals surface area contributed by atoms with Gasteiger partial charge in [0, 0.05) is 12.6 Å². The van der Waals surface area contributed by atoms with Gasteiger partial charge in [0.2, 0.25) is 0 Å². The zero-order valence-corrected chi connectivity index (χ0v) is 8.44. The van der Waals surface area contributed by atoms with Gasteiger partial charge in [-0.25, -0.2) is 4.39 Å². The third-order valence-corrected chi connectivity index (χ3v) is 2.24. The van der Waals surface area contributed by atoms with Gasteiger partial charge in [-0.2, -0.15) is 10.2 Å². The second-order valence-corrected chi connectivity index (χ2v) is 3.48. The van der Waals surface area contributed by atoms with Crippen LogP contribution in [0.15, 0.2) is 36.5 Å². The Labute approximate surface area is 87.8 Å². The molecule has 15 heavy (non-hydrogen) atoms. The van der Waals surface area contributed by atoms with Crippen molar-refractivity contribution in [2.45, 2.75) is 13.3 Å². The summed E-state index contributed by atoms with van der Waals surface area (Å²) in [5.74, 6) is -0.169. The van der Waals surface area contributed by atoms with E-state index in [9.17, 15) is 4.39 Å². The van der Waals surface area contributed by atoms with E-state index in [0.29, 0.717) is 12.0 Å². The summed E-state index contributed by atoms with van der Waals surface area (Å²) in [5, 5.41) is 7.78. The van der Waals surface area contributed by atoms with E-state index in [0.717, 1.165) is 11.3 Å². The number of nitrogens with zero attached hydrogens (tertiary/aromatic N) is 2. The van der Waals surface area contributed by atoms with Gasteiger partial charge in [0.25, 0.3) is 0 Å². The predicted molar refractivity (Wildman–Crippen MR) is 56.0 cm³/mol. The molecule has 0 aliphatic heterocycles. The normalized spacial score (nSPS) is 10.3. The second kappa shape index (κ2) is 4.17. The van der Waals surface area contributed by atoms with E-state index < -0.39 is 0 Å². The summed E-state index contributed by atoms with van der Waals surface area (Å²) in [6.07, 6.45) is 2.33. The molecule has 0 saturated carbocycles. The minimum Gasteiger partial charge on any atom is -0.207 e. The summed E-state index contributed by atoms with van der Waals surface area (Å²) < 4.78 is 13.0. The van der Waals surface area contributed by atoms with E-state index in [1.807, 2.05) is 18.2 Å². The Balaban J connectivity index is 2.22. The number of hydrogen-bond donors (Lipinski definition) is 0. The van der Waals surface area contributed by atoms with Gasteiger partial charge < -0.3 is 0 Å². The smallest absolute Gasteiger partial charge is 0.126 e. The lowest BCUT2D eigenvalue weighted by molar-refractivity contribution is 0.617. The Morgan fingerprint density at radius 2 is 2.13 bits per heavy atom. The van der Waals surface area contributed by atoms with Crippen molar-refractivity contribution in [2.75, 3.05) is 0 Å². The van der Waals surface area contributed by atoms with Gasteiger partial charge in [-0.05, 0) is 36.2 Å². The number of aromatic nitrogens is 2. The number of aryl methyl sites for hydroxylation is 1. The first-order valence-electron chi connectivity index (χ1n) is 4.77. The Morgan fingerprint density at radius 1 is 1.27 bits per heavy atom. The Hall–Kier alpha value is -1.77. The van der Waals surface area contributed by atoms with Crippen LogP contribution in [0, 0.1) is 12.7 Å². The molecule has 1 aromatic heterocycles. The maximum atomic E-state index is 13.0. The monoisotopic (exact) mass is 202 g/mol. The molecule has 0 amide bonds. The summed E-state index contributed by atoms with van der Waals surface area (Å²) in [5.41, 5.74) is 2.61. The second-order valence-electron chi connectivity index (χ2n) is 3.48. The first-order chi connectivity index (χ1) is 7.25.